The Bertz CT molecular complexity index is 953. The molecule has 1 N–H and O–H groups in total. The number of aromatic nitrogens is 3. The summed E-state index contributed by atoms with van der Waals surface area (Å²) in [6, 6.07) is 5.33. The number of benzene rings is 1. The Hall–Kier alpha value is -2.77. The molecule has 1 amide bonds. The summed E-state index contributed by atoms with van der Waals surface area (Å²) in [4.78, 5) is 12.4. The number of hydrogen-bond acceptors (Lipinski definition) is 2. The van der Waals surface area contributed by atoms with E-state index >= 15 is 0 Å². The summed E-state index contributed by atoms with van der Waals surface area (Å²) < 4.78 is 39.8. The highest BCUT2D eigenvalue weighted by molar-refractivity contribution is 6.06. The molecular weight excluding hydrogens is 333 g/mol. The van der Waals surface area contributed by atoms with E-state index < -0.39 is 18.6 Å². The van der Waals surface area contributed by atoms with E-state index in [0.717, 1.165) is 33.0 Å². The van der Waals surface area contributed by atoms with Crippen LogP contribution in [0.4, 0.5) is 18.9 Å². The molecule has 5 nitrogen and oxygen atoms in total. The van der Waals surface area contributed by atoms with Crippen molar-refractivity contribution in [3.05, 3.63) is 47.4 Å². The Morgan fingerprint density at radius 2 is 2.00 bits per heavy atom. The van der Waals surface area contributed by atoms with Crippen LogP contribution in [0.5, 0.6) is 0 Å². The topological polar surface area (TPSA) is 51.9 Å². The number of nitrogens with one attached hydrogen (secondary N) is 1. The molecule has 3 rings (SSSR count). The number of carbonyl (C=O) groups is 1. The Morgan fingerprint density at radius 3 is 2.68 bits per heavy atom. The first-order valence-electron chi connectivity index (χ1n) is 7.62. The average molecular weight is 350 g/mol. The number of halogens is 3. The molecule has 2 aromatic heterocycles. The lowest BCUT2D eigenvalue weighted by molar-refractivity contribution is -0.142. The van der Waals surface area contributed by atoms with Crippen molar-refractivity contribution in [1.82, 2.24) is 14.3 Å². The number of carbonyl (C=O) groups excluding carboxylic acids is 1. The SMILES string of the molecule is Cc1c(C)n(C)c2ccc(C(=O)Nc3cnn(CC(F)(F)F)c3)cc12. The van der Waals surface area contributed by atoms with E-state index in [1.54, 1.807) is 12.1 Å². The summed E-state index contributed by atoms with van der Waals surface area (Å²) in [5, 5.41) is 7.15. The largest absolute Gasteiger partial charge is 0.408 e. The van der Waals surface area contributed by atoms with Crippen molar-refractivity contribution in [2.45, 2.75) is 26.6 Å². The molecule has 3 aromatic rings. The lowest BCUT2D eigenvalue weighted by Gasteiger charge is -2.06. The lowest BCUT2D eigenvalue weighted by Crippen LogP contribution is -2.18. The van der Waals surface area contributed by atoms with E-state index in [9.17, 15) is 18.0 Å². The third kappa shape index (κ3) is 3.38. The second-order valence-corrected chi connectivity index (χ2v) is 6.00. The zero-order valence-corrected chi connectivity index (χ0v) is 14.0. The third-order valence-electron chi connectivity index (χ3n) is 4.30. The monoisotopic (exact) mass is 350 g/mol. The minimum absolute atomic E-state index is 0.218. The molecule has 0 aliphatic carbocycles. The van der Waals surface area contributed by atoms with Gasteiger partial charge in [0.2, 0.25) is 0 Å². The Balaban J connectivity index is 1.82. The van der Waals surface area contributed by atoms with Crippen molar-refractivity contribution in [3.8, 4) is 0 Å². The Labute approximate surface area is 142 Å². The molecule has 0 saturated heterocycles. The number of hydrogen-bond donors (Lipinski definition) is 1. The molecule has 0 bridgehead atoms. The van der Waals surface area contributed by atoms with E-state index in [-0.39, 0.29) is 5.69 Å². The van der Waals surface area contributed by atoms with Crippen molar-refractivity contribution < 1.29 is 18.0 Å². The van der Waals surface area contributed by atoms with Crippen LogP contribution in [0, 0.1) is 13.8 Å². The number of amides is 1. The highest BCUT2D eigenvalue weighted by Gasteiger charge is 2.28. The predicted molar refractivity (Wildman–Crippen MR) is 88.6 cm³/mol. The molecule has 0 aliphatic heterocycles. The maximum atomic E-state index is 12.4. The zero-order chi connectivity index (χ0) is 18.4. The van der Waals surface area contributed by atoms with Crippen LogP contribution in [0.1, 0.15) is 21.6 Å². The number of anilines is 1. The predicted octanol–water partition coefficient (Wildman–Crippen LogP) is 3.81. The van der Waals surface area contributed by atoms with Crippen LogP contribution in [-0.4, -0.2) is 26.4 Å². The molecule has 132 valence electrons. The normalized spacial score (nSPS) is 11.9. The molecule has 2 heterocycles. The summed E-state index contributed by atoms with van der Waals surface area (Å²) in [6.45, 7) is 2.79. The maximum Gasteiger partial charge on any atom is 0.408 e. The van der Waals surface area contributed by atoms with Gasteiger partial charge in [0.1, 0.15) is 6.54 Å². The van der Waals surface area contributed by atoms with Crippen LogP contribution in [-0.2, 0) is 13.6 Å². The van der Waals surface area contributed by atoms with Gasteiger partial charge in [-0.25, -0.2) is 0 Å². The van der Waals surface area contributed by atoms with Gasteiger partial charge in [-0.05, 0) is 37.6 Å². The van der Waals surface area contributed by atoms with Gasteiger partial charge in [0.15, 0.2) is 0 Å². The first kappa shape index (κ1) is 17.1. The van der Waals surface area contributed by atoms with E-state index in [1.165, 1.54) is 6.20 Å². The molecule has 0 aliphatic rings. The van der Waals surface area contributed by atoms with Gasteiger partial charge in [-0.3, -0.25) is 9.48 Å². The van der Waals surface area contributed by atoms with Gasteiger partial charge in [0.05, 0.1) is 11.9 Å². The standard InChI is InChI=1S/C17H17F3N4O/c1-10-11(2)23(3)15-5-4-12(6-14(10)15)16(25)22-13-7-21-24(8-13)9-17(18,19)20/h4-8H,9H2,1-3H3,(H,22,25). The van der Waals surface area contributed by atoms with Crippen LogP contribution in [0.15, 0.2) is 30.6 Å². The van der Waals surface area contributed by atoms with Crippen LogP contribution in [0.2, 0.25) is 0 Å². The fraction of sp³-hybridized carbons (Fsp3) is 0.294. The maximum absolute atomic E-state index is 12.4. The van der Waals surface area contributed by atoms with E-state index in [2.05, 4.69) is 10.4 Å². The van der Waals surface area contributed by atoms with E-state index in [0.29, 0.717) is 5.56 Å². The fourth-order valence-corrected chi connectivity index (χ4v) is 2.80. The minimum Gasteiger partial charge on any atom is -0.348 e. The third-order valence-corrected chi connectivity index (χ3v) is 4.30. The van der Waals surface area contributed by atoms with Gasteiger partial charge >= 0.3 is 6.18 Å². The summed E-state index contributed by atoms with van der Waals surface area (Å²) in [5.41, 5.74) is 3.87. The first-order chi connectivity index (χ1) is 11.7. The molecule has 8 heteroatoms. The number of nitrogens with zero attached hydrogens (tertiary/aromatic N) is 3. The van der Waals surface area contributed by atoms with E-state index in [1.807, 2.05) is 31.5 Å². The van der Waals surface area contributed by atoms with Crippen molar-refractivity contribution in [3.63, 3.8) is 0 Å². The second-order valence-electron chi connectivity index (χ2n) is 6.00. The molecule has 0 spiro atoms. The summed E-state index contributed by atoms with van der Waals surface area (Å²) in [5.74, 6) is -0.394. The highest BCUT2D eigenvalue weighted by atomic mass is 19.4. The molecule has 25 heavy (non-hydrogen) atoms. The summed E-state index contributed by atoms with van der Waals surface area (Å²) in [6.07, 6.45) is -2.01. The quantitative estimate of drug-likeness (QED) is 0.781. The van der Waals surface area contributed by atoms with Crippen LogP contribution >= 0.6 is 0 Å². The van der Waals surface area contributed by atoms with Gasteiger partial charge in [-0.15, -0.1) is 0 Å². The zero-order valence-electron chi connectivity index (χ0n) is 14.0. The highest BCUT2D eigenvalue weighted by Crippen LogP contribution is 2.25. The molecular formula is C17H17F3N4O. The van der Waals surface area contributed by atoms with Gasteiger partial charge < -0.3 is 9.88 Å². The summed E-state index contributed by atoms with van der Waals surface area (Å²) >= 11 is 0. The Morgan fingerprint density at radius 1 is 1.28 bits per heavy atom. The van der Waals surface area contributed by atoms with Gasteiger partial charge in [-0.2, -0.15) is 18.3 Å². The van der Waals surface area contributed by atoms with Gasteiger partial charge in [-0.1, -0.05) is 0 Å². The number of aryl methyl sites for hydroxylation is 2. The molecule has 0 radical (unpaired) electrons. The fourth-order valence-electron chi connectivity index (χ4n) is 2.80. The Kier molecular flexibility index (Phi) is 4.06. The molecule has 0 atom stereocenters. The van der Waals surface area contributed by atoms with Gasteiger partial charge in [0, 0.05) is 35.4 Å². The average Bonchev–Trinajstić information content (AvgIpc) is 3.04. The number of alkyl halides is 3. The van der Waals surface area contributed by atoms with Crippen LogP contribution in [0.3, 0.4) is 0 Å². The first-order valence-corrected chi connectivity index (χ1v) is 7.62. The molecule has 1 aromatic carbocycles. The smallest absolute Gasteiger partial charge is 0.348 e. The number of rotatable bonds is 3. The van der Waals surface area contributed by atoms with Crippen LogP contribution in [0.25, 0.3) is 10.9 Å². The van der Waals surface area contributed by atoms with E-state index in [4.69, 9.17) is 0 Å². The van der Waals surface area contributed by atoms with Crippen LogP contribution < -0.4 is 5.32 Å². The molecule has 0 saturated carbocycles. The molecule has 0 fully saturated rings. The van der Waals surface area contributed by atoms with Crippen molar-refractivity contribution in [2.75, 3.05) is 5.32 Å². The summed E-state index contributed by atoms with van der Waals surface area (Å²) in [7, 11) is 1.96. The minimum atomic E-state index is -4.36. The number of fused-ring (bicyclic) bond motifs is 1. The molecule has 0 unspecified atom stereocenters. The van der Waals surface area contributed by atoms with Crippen molar-refractivity contribution >= 4 is 22.5 Å². The second kappa shape index (κ2) is 5.94. The van der Waals surface area contributed by atoms with Crippen molar-refractivity contribution in [2.24, 2.45) is 7.05 Å². The lowest BCUT2D eigenvalue weighted by atomic mass is 10.1. The van der Waals surface area contributed by atoms with Crippen molar-refractivity contribution in [1.29, 1.82) is 0 Å². The van der Waals surface area contributed by atoms with Gasteiger partial charge in [0.25, 0.3) is 5.91 Å².